The molecule has 0 saturated heterocycles. The zero-order valence-corrected chi connectivity index (χ0v) is 11.6. The Labute approximate surface area is 123 Å². The fourth-order valence-electron chi connectivity index (χ4n) is 1.60. The molecule has 0 fully saturated rings. The van der Waals surface area contributed by atoms with Gasteiger partial charge >= 0.3 is 6.09 Å². The van der Waals surface area contributed by atoms with Gasteiger partial charge in [0.15, 0.2) is 0 Å². The van der Waals surface area contributed by atoms with Crippen LogP contribution in [0.1, 0.15) is 23.2 Å². The quantitative estimate of drug-likeness (QED) is 0.500. The Bertz CT molecular complexity index is 523. The number of rotatable bonds is 8. The average molecular weight is 290 g/mol. The predicted octanol–water partition coefficient (Wildman–Crippen LogP) is 1.48. The third-order valence-corrected chi connectivity index (χ3v) is 2.58. The van der Waals surface area contributed by atoms with Crippen LogP contribution in [0.4, 0.5) is 4.79 Å². The van der Waals surface area contributed by atoms with Gasteiger partial charge in [0.2, 0.25) is 0 Å². The van der Waals surface area contributed by atoms with E-state index in [0.717, 1.165) is 0 Å². The van der Waals surface area contributed by atoms with Crippen LogP contribution in [-0.2, 0) is 0 Å². The highest BCUT2D eigenvalue weighted by Crippen LogP contribution is 2.13. The van der Waals surface area contributed by atoms with Gasteiger partial charge < -0.3 is 20.5 Å². The maximum Gasteiger partial charge on any atom is 0.404 e. The summed E-state index contributed by atoms with van der Waals surface area (Å²) in [7, 11) is 0. The van der Waals surface area contributed by atoms with Crippen LogP contribution in [0, 0.1) is 12.3 Å². The van der Waals surface area contributed by atoms with Gasteiger partial charge in [0.25, 0.3) is 5.91 Å². The largest absolute Gasteiger partial charge is 0.481 e. The standard InChI is InChI=1S/C15H18N2O4/c1-2-10-21-13-7-5-6-12(11-13)14(18)16-8-3-4-9-17-15(19)20/h1,5-7,11,17H,3-4,8-10H2,(H,16,18)(H,19,20). The number of carbonyl (C=O) groups is 2. The van der Waals surface area contributed by atoms with E-state index in [1.165, 1.54) is 0 Å². The molecule has 0 saturated carbocycles. The van der Waals surface area contributed by atoms with Crippen molar-refractivity contribution in [1.29, 1.82) is 0 Å². The molecular formula is C15H18N2O4. The summed E-state index contributed by atoms with van der Waals surface area (Å²) in [6.45, 7) is 1.01. The Hall–Kier alpha value is -2.68. The van der Waals surface area contributed by atoms with Gasteiger partial charge in [-0.25, -0.2) is 4.79 Å². The first-order chi connectivity index (χ1) is 10.1. The first-order valence-electron chi connectivity index (χ1n) is 6.55. The summed E-state index contributed by atoms with van der Waals surface area (Å²) in [6.07, 6.45) is 5.42. The van der Waals surface area contributed by atoms with Gasteiger partial charge in [-0.05, 0) is 31.0 Å². The number of terminal acetylenes is 1. The van der Waals surface area contributed by atoms with Crippen LogP contribution in [0.2, 0.25) is 0 Å². The lowest BCUT2D eigenvalue weighted by Gasteiger charge is -2.07. The molecule has 0 unspecified atom stereocenters. The van der Waals surface area contributed by atoms with Crippen LogP contribution in [0.25, 0.3) is 0 Å². The minimum Gasteiger partial charge on any atom is -0.481 e. The van der Waals surface area contributed by atoms with Gasteiger partial charge in [-0.3, -0.25) is 4.79 Å². The molecule has 3 N–H and O–H groups in total. The predicted molar refractivity (Wildman–Crippen MR) is 78.4 cm³/mol. The Balaban J connectivity index is 2.31. The number of amides is 2. The summed E-state index contributed by atoms with van der Waals surface area (Å²) in [5, 5.41) is 13.4. The molecule has 1 aromatic rings. The molecule has 112 valence electrons. The van der Waals surface area contributed by atoms with Crippen molar-refractivity contribution in [3.8, 4) is 18.1 Å². The number of benzene rings is 1. The zero-order chi connectivity index (χ0) is 15.5. The molecule has 6 heteroatoms. The van der Waals surface area contributed by atoms with Crippen LogP contribution < -0.4 is 15.4 Å². The lowest BCUT2D eigenvalue weighted by molar-refractivity contribution is 0.0952. The average Bonchev–Trinajstić information content (AvgIpc) is 2.48. The monoisotopic (exact) mass is 290 g/mol. The number of carbonyl (C=O) groups excluding carboxylic acids is 1. The molecule has 0 aromatic heterocycles. The van der Waals surface area contributed by atoms with E-state index in [1.807, 2.05) is 0 Å². The van der Waals surface area contributed by atoms with Crippen molar-refractivity contribution in [3.63, 3.8) is 0 Å². The smallest absolute Gasteiger partial charge is 0.404 e. The summed E-state index contributed by atoms with van der Waals surface area (Å²) >= 11 is 0. The summed E-state index contributed by atoms with van der Waals surface area (Å²) < 4.78 is 5.25. The van der Waals surface area contributed by atoms with Gasteiger partial charge in [0, 0.05) is 18.7 Å². The SMILES string of the molecule is C#CCOc1cccc(C(=O)NCCCCNC(=O)O)c1. The summed E-state index contributed by atoms with van der Waals surface area (Å²) in [6, 6.07) is 6.76. The molecule has 6 nitrogen and oxygen atoms in total. The summed E-state index contributed by atoms with van der Waals surface area (Å²) in [4.78, 5) is 22.1. The molecule has 0 spiro atoms. The minimum atomic E-state index is -1.04. The van der Waals surface area contributed by atoms with E-state index in [4.69, 9.17) is 16.3 Å². The molecule has 0 heterocycles. The van der Waals surface area contributed by atoms with E-state index in [1.54, 1.807) is 24.3 Å². The molecule has 1 rings (SSSR count). The van der Waals surface area contributed by atoms with Crippen molar-refractivity contribution in [2.45, 2.75) is 12.8 Å². The highest BCUT2D eigenvalue weighted by Gasteiger charge is 2.06. The van der Waals surface area contributed by atoms with Crippen LogP contribution in [-0.4, -0.2) is 36.8 Å². The number of nitrogens with one attached hydrogen (secondary N) is 2. The molecule has 0 bridgehead atoms. The second-order valence-electron chi connectivity index (χ2n) is 4.22. The third kappa shape index (κ3) is 6.87. The number of unbranched alkanes of at least 4 members (excludes halogenated alkanes) is 1. The first-order valence-corrected chi connectivity index (χ1v) is 6.55. The van der Waals surface area contributed by atoms with Gasteiger partial charge in [0.05, 0.1) is 0 Å². The van der Waals surface area contributed by atoms with Gasteiger partial charge in [-0.2, -0.15) is 0 Å². The number of ether oxygens (including phenoxy) is 1. The van der Waals surface area contributed by atoms with Crippen molar-refractivity contribution in [3.05, 3.63) is 29.8 Å². The van der Waals surface area contributed by atoms with Crippen LogP contribution in [0.3, 0.4) is 0 Å². The van der Waals surface area contributed by atoms with E-state index in [0.29, 0.717) is 37.2 Å². The Morgan fingerprint density at radius 3 is 2.62 bits per heavy atom. The minimum absolute atomic E-state index is 0.154. The van der Waals surface area contributed by atoms with Crippen molar-refractivity contribution >= 4 is 12.0 Å². The number of hydrogen-bond donors (Lipinski definition) is 3. The number of hydrogen-bond acceptors (Lipinski definition) is 3. The molecule has 1 aromatic carbocycles. The molecule has 21 heavy (non-hydrogen) atoms. The van der Waals surface area contributed by atoms with Gasteiger partial charge in [-0.1, -0.05) is 12.0 Å². The Kier molecular flexibility index (Phi) is 7.22. The fourth-order valence-corrected chi connectivity index (χ4v) is 1.60. The molecule has 0 aliphatic carbocycles. The Morgan fingerprint density at radius 2 is 1.95 bits per heavy atom. The highest BCUT2D eigenvalue weighted by molar-refractivity contribution is 5.94. The molecule has 0 atom stereocenters. The fraction of sp³-hybridized carbons (Fsp3) is 0.333. The molecule has 0 aliphatic heterocycles. The number of carboxylic acid groups (broad SMARTS) is 1. The molecule has 2 amide bonds. The van der Waals surface area contributed by atoms with Gasteiger partial charge in [0.1, 0.15) is 12.4 Å². The first kappa shape index (κ1) is 16.4. The molecule has 0 radical (unpaired) electrons. The van der Waals surface area contributed by atoms with Crippen molar-refractivity contribution < 1.29 is 19.4 Å². The second-order valence-corrected chi connectivity index (χ2v) is 4.22. The van der Waals surface area contributed by atoms with Crippen LogP contribution in [0.15, 0.2) is 24.3 Å². The van der Waals surface area contributed by atoms with Crippen molar-refractivity contribution in [2.24, 2.45) is 0 Å². The third-order valence-electron chi connectivity index (χ3n) is 2.58. The molecular weight excluding hydrogens is 272 g/mol. The lowest BCUT2D eigenvalue weighted by Crippen LogP contribution is -2.26. The topological polar surface area (TPSA) is 87.7 Å². The summed E-state index contributed by atoms with van der Waals surface area (Å²) in [5.74, 6) is 2.70. The normalized spacial score (nSPS) is 9.48. The van der Waals surface area contributed by atoms with E-state index in [9.17, 15) is 9.59 Å². The summed E-state index contributed by atoms with van der Waals surface area (Å²) in [5.41, 5.74) is 0.494. The zero-order valence-electron chi connectivity index (χ0n) is 11.6. The van der Waals surface area contributed by atoms with E-state index >= 15 is 0 Å². The van der Waals surface area contributed by atoms with Crippen molar-refractivity contribution in [1.82, 2.24) is 10.6 Å². The van der Waals surface area contributed by atoms with E-state index < -0.39 is 6.09 Å². The van der Waals surface area contributed by atoms with E-state index in [-0.39, 0.29) is 12.5 Å². The highest BCUT2D eigenvalue weighted by atomic mass is 16.5. The molecule has 0 aliphatic rings. The Morgan fingerprint density at radius 1 is 1.24 bits per heavy atom. The van der Waals surface area contributed by atoms with Crippen LogP contribution >= 0.6 is 0 Å². The van der Waals surface area contributed by atoms with Crippen LogP contribution in [0.5, 0.6) is 5.75 Å². The maximum atomic E-state index is 11.9. The van der Waals surface area contributed by atoms with E-state index in [2.05, 4.69) is 16.6 Å². The van der Waals surface area contributed by atoms with Gasteiger partial charge in [-0.15, -0.1) is 6.42 Å². The maximum absolute atomic E-state index is 11.9. The lowest BCUT2D eigenvalue weighted by atomic mass is 10.2. The van der Waals surface area contributed by atoms with Crippen molar-refractivity contribution in [2.75, 3.05) is 19.7 Å². The second kappa shape index (κ2) is 9.26.